The molecule has 0 spiro atoms. The molecule has 4 nitrogen and oxygen atoms in total. The maximum atomic E-state index is 12.3. The van der Waals surface area contributed by atoms with Crippen LogP contribution in [-0.2, 0) is 4.74 Å². The molecular formula is C21H24N2O2. The van der Waals surface area contributed by atoms with E-state index in [1.165, 1.54) is 5.69 Å². The number of morpholine rings is 1. The molecule has 1 aliphatic heterocycles. The Balaban J connectivity index is 1.62. The van der Waals surface area contributed by atoms with Gasteiger partial charge in [-0.3, -0.25) is 4.79 Å². The Hall–Kier alpha value is -2.59. The number of ketones is 1. The molecule has 0 saturated carbocycles. The van der Waals surface area contributed by atoms with Gasteiger partial charge in [0, 0.05) is 41.8 Å². The van der Waals surface area contributed by atoms with Crippen molar-refractivity contribution in [1.29, 1.82) is 0 Å². The molecule has 4 heteroatoms. The van der Waals surface area contributed by atoms with E-state index in [-0.39, 0.29) is 5.78 Å². The molecule has 1 heterocycles. The van der Waals surface area contributed by atoms with E-state index in [0.717, 1.165) is 43.3 Å². The number of benzene rings is 2. The van der Waals surface area contributed by atoms with Gasteiger partial charge in [0.2, 0.25) is 0 Å². The lowest BCUT2D eigenvalue weighted by Gasteiger charge is -2.29. The van der Waals surface area contributed by atoms with Crippen molar-refractivity contribution >= 4 is 17.2 Å². The summed E-state index contributed by atoms with van der Waals surface area (Å²) in [4.78, 5) is 14.6. The van der Waals surface area contributed by atoms with Gasteiger partial charge in [-0.1, -0.05) is 29.8 Å². The van der Waals surface area contributed by atoms with Crippen LogP contribution in [0.25, 0.3) is 0 Å². The van der Waals surface area contributed by atoms with E-state index >= 15 is 0 Å². The summed E-state index contributed by atoms with van der Waals surface area (Å²) in [5.41, 5.74) is 4.85. The number of carbonyl (C=O) groups is 1. The Morgan fingerprint density at radius 3 is 2.32 bits per heavy atom. The van der Waals surface area contributed by atoms with Crippen LogP contribution in [0.15, 0.2) is 60.3 Å². The van der Waals surface area contributed by atoms with Crippen molar-refractivity contribution in [2.24, 2.45) is 0 Å². The Morgan fingerprint density at radius 1 is 1.04 bits per heavy atom. The summed E-state index contributed by atoms with van der Waals surface area (Å²) < 4.78 is 5.38. The van der Waals surface area contributed by atoms with Gasteiger partial charge in [0.15, 0.2) is 5.78 Å². The van der Waals surface area contributed by atoms with Gasteiger partial charge in [-0.15, -0.1) is 0 Å². The zero-order valence-electron chi connectivity index (χ0n) is 14.8. The molecule has 2 aromatic carbocycles. The highest BCUT2D eigenvalue weighted by Gasteiger charge is 2.10. The fourth-order valence-electron chi connectivity index (χ4n) is 2.84. The Bertz CT molecular complexity index is 742. The summed E-state index contributed by atoms with van der Waals surface area (Å²) in [7, 11) is 0. The van der Waals surface area contributed by atoms with Crippen LogP contribution in [0, 0.1) is 6.92 Å². The molecule has 1 saturated heterocycles. The largest absolute Gasteiger partial charge is 0.378 e. The lowest BCUT2D eigenvalue weighted by Crippen LogP contribution is -2.36. The summed E-state index contributed by atoms with van der Waals surface area (Å²) in [5, 5.41) is 3.28. The fourth-order valence-corrected chi connectivity index (χ4v) is 2.84. The Morgan fingerprint density at radius 2 is 1.68 bits per heavy atom. The van der Waals surface area contributed by atoms with Crippen molar-refractivity contribution in [3.8, 4) is 0 Å². The van der Waals surface area contributed by atoms with Crippen LogP contribution in [0.5, 0.6) is 0 Å². The molecular weight excluding hydrogens is 312 g/mol. The summed E-state index contributed by atoms with van der Waals surface area (Å²) in [5.74, 6) is 0.00920. The molecule has 0 atom stereocenters. The van der Waals surface area contributed by atoms with E-state index in [1.807, 2.05) is 50.2 Å². The van der Waals surface area contributed by atoms with Gasteiger partial charge in [0.05, 0.1) is 13.2 Å². The summed E-state index contributed by atoms with van der Waals surface area (Å²) in [6.45, 7) is 7.33. The quantitative estimate of drug-likeness (QED) is 0.661. The SMILES string of the molecule is C/C(=C\C(=O)c1ccc(C)cc1)Nc1ccc(N2CCOCC2)cc1. The molecule has 1 fully saturated rings. The van der Waals surface area contributed by atoms with Crippen molar-refractivity contribution in [3.63, 3.8) is 0 Å². The first-order chi connectivity index (χ1) is 12.1. The maximum Gasteiger partial charge on any atom is 0.187 e. The highest BCUT2D eigenvalue weighted by atomic mass is 16.5. The van der Waals surface area contributed by atoms with Gasteiger partial charge >= 0.3 is 0 Å². The number of nitrogens with zero attached hydrogens (tertiary/aromatic N) is 1. The van der Waals surface area contributed by atoms with Crippen LogP contribution < -0.4 is 10.2 Å². The van der Waals surface area contributed by atoms with E-state index in [9.17, 15) is 4.79 Å². The number of anilines is 2. The first-order valence-electron chi connectivity index (χ1n) is 8.61. The number of rotatable bonds is 5. The lowest BCUT2D eigenvalue weighted by atomic mass is 10.1. The monoisotopic (exact) mass is 336 g/mol. The number of carbonyl (C=O) groups excluding carboxylic acids is 1. The molecule has 2 aromatic rings. The first kappa shape index (κ1) is 17.2. The molecule has 0 unspecified atom stereocenters. The standard InChI is InChI=1S/C21H24N2O2/c1-16-3-5-18(6-4-16)21(24)15-17(2)22-19-7-9-20(10-8-19)23-11-13-25-14-12-23/h3-10,15,22H,11-14H2,1-2H3/b17-15+. The normalized spacial score (nSPS) is 15.1. The minimum absolute atomic E-state index is 0.00920. The number of aryl methyl sites for hydroxylation is 1. The highest BCUT2D eigenvalue weighted by Crippen LogP contribution is 2.20. The summed E-state index contributed by atoms with van der Waals surface area (Å²) >= 11 is 0. The molecule has 1 aliphatic rings. The van der Waals surface area contributed by atoms with Crippen molar-refractivity contribution in [1.82, 2.24) is 0 Å². The fraction of sp³-hybridized carbons (Fsp3) is 0.286. The number of hydrogen-bond acceptors (Lipinski definition) is 4. The third-order valence-electron chi connectivity index (χ3n) is 4.27. The molecule has 0 radical (unpaired) electrons. The van der Waals surface area contributed by atoms with Crippen molar-refractivity contribution in [2.45, 2.75) is 13.8 Å². The van der Waals surface area contributed by atoms with Crippen LogP contribution in [0.1, 0.15) is 22.8 Å². The number of hydrogen-bond donors (Lipinski definition) is 1. The van der Waals surface area contributed by atoms with E-state index in [2.05, 4.69) is 22.3 Å². The molecule has 1 N–H and O–H groups in total. The molecule has 25 heavy (non-hydrogen) atoms. The van der Waals surface area contributed by atoms with Crippen LogP contribution in [0.4, 0.5) is 11.4 Å². The lowest BCUT2D eigenvalue weighted by molar-refractivity contribution is 0.104. The maximum absolute atomic E-state index is 12.3. The second-order valence-corrected chi connectivity index (χ2v) is 6.33. The van der Waals surface area contributed by atoms with Gasteiger partial charge in [-0.25, -0.2) is 0 Å². The zero-order chi connectivity index (χ0) is 17.6. The van der Waals surface area contributed by atoms with Gasteiger partial charge in [0.25, 0.3) is 0 Å². The van der Waals surface area contributed by atoms with Crippen LogP contribution >= 0.6 is 0 Å². The number of allylic oxidation sites excluding steroid dienone is 2. The van der Waals surface area contributed by atoms with E-state index in [4.69, 9.17) is 4.74 Å². The Labute approximate surface area is 149 Å². The van der Waals surface area contributed by atoms with Gasteiger partial charge in [-0.05, 0) is 38.1 Å². The van der Waals surface area contributed by atoms with Gasteiger partial charge in [-0.2, -0.15) is 0 Å². The molecule has 0 aliphatic carbocycles. The van der Waals surface area contributed by atoms with E-state index in [1.54, 1.807) is 6.08 Å². The summed E-state index contributed by atoms with van der Waals surface area (Å²) in [6.07, 6.45) is 1.64. The number of nitrogens with one attached hydrogen (secondary N) is 1. The van der Waals surface area contributed by atoms with Crippen LogP contribution in [0.3, 0.4) is 0 Å². The number of ether oxygens (including phenoxy) is 1. The van der Waals surface area contributed by atoms with Gasteiger partial charge < -0.3 is 15.0 Å². The molecule has 130 valence electrons. The predicted molar refractivity (Wildman–Crippen MR) is 102 cm³/mol. The molecule has 0 amide bonds. The molecule has 0 bridgehead atoms. The third-order valence-corrected chi connectivity index (χ3v) is 4.27. The van der Waals surface area contributed by atoms with Crippen LogP contribution in [0.2, 0.25) is 0 Å². The van der Waals surface area contributed by atoms with Crippen molar-refractivity contribution < 1.29 is 9.53 Å². The van der Waals surface area contributed by atoms with Gasteiger partial charge in [0.1, 0.15) is 0 Å². The topological polar surface area (TPSA) is 41.6 Å². The highest BCUT2D eigenvalue weighted by molar-refractivity contribution is 6.05. The van der Waals surface area contributed by atoms with Crippen LogP contribution in [-0.4, -0.2) is 32.1 Å². The second kappa shape index (κ2) is 7.99. The third kappa shape index (κ3) is 4.70. The minimum atomic E-state index is 0.00920. The average Bonchev–Trinajstić information content (AvgIpc) is 2.63. The van der Waals surface area contributed by atoms with E-state index in [0.29, 0.717) is 5.56 Å². The summed E-state index contributed by atoms with van der Waals surface area (Å²) in [6, 6.07) is 15.9. The Kier molecular flexibility index (Phi) is 5.51. The molecule has 3 rings (SSSR count). The second-order valence-electron chi connectivity index (χ2n) is 6.33. The zero-order valence-corrected chi connectivity index (χ0v) is 14.8. The predicted octanol–water partition coefficient (Wildman–Crippen LogP) is 4.03. The average molecular weight is 336 g/mol. The first-order valence-corrected chi connectivity index (χ1v) is 8.61. The van der Waals surface area contributed by atoms with Crippen molar-refractivity contribution in [3.05, 3.63) is 71.4 Å². The minimum Gasteiger partial charge on any atom is -0.378 e. The molecule has 0 aromatic heterocycles. The van der Waals surface area contributed by atoms with Crippen molar-refractivity contribution in [2.75, 3.05) is 36.5 Å². The smallest absolute Gasteiger partial charge is 0.187 e. The van der Waals surface area contributed by atoms with E-state index < -0.39 is 0 Å².